The first-order chi connectivity index (χ1) is 22.6. The molecular weight excluding hydrogens is 634 g/mol. The van der Waals surface area contributed by atoms with E-state index in [2.05, 4.69) is 32.7 Å². The van der Waals surface area contributed by atoms with Crippen molar-refractivity contribution >= 4 is 35.5 Å². The van der Waals surface area contributed by atoms with E-state index in [0.29, 0.717) is 36.6 Å². The van der Waals surface area contributed by atoms with Gasteiger partial charge in [-0.15, -0.1) is 0 Å². The number of nitrogens with one attached hydrogen (secondary N) is 2. The van der Waals surface area contributed by atoms with Crippen molar-refractivity contribution in [2.75, 3.05) is 13.1 Å². The van der Waals surface area contributed by atoms with E-state index in [-0.39, 0.29) is 43.3 Å². The van der Waals surface area contributed by atoms with E-state index in [0.717, 1.165) is 12.8 Å². The van der Waals surface area contributed by atoms with Crippen LogP contribution < -0.4 is 10.6 Å². The number of aromatic nitrogens is 1. The molecule has 2 aromatic rings. The highest BCUT2D eigenvalue weighted by molar-refractivity contribution is 6.30. The van der Waals surface area contributed by atoms with Crippen LogP contribution >= 0.6 is 11.6 Å². The fourth-order valence-corrected chi connectivity index (χ4v) is 6.43. The average molecular weight is 684 g/mol. The van der Waals surface area contributed by atoms with Gasteiger partial charge < -0.3 is 25.0 Å². The van der Waals surface area contributed by atoms with Crippen LogP contribution in [-0.2, 0) is 36.8 Å². The van der Waals surface area contributed by atoms with Gasteiger partial charge in [-0.2, -0.15) is 0 Å². The zero-order valence-corrected chi connectivity index (χ0v) is 29.7. The molecule has 0 spiro atoms. The summed E-state index contributed by atoms with van der Waals surface area (Å²) in [6.45, 7) is 11.8. The molecule has 1 unspecified atom stereocenters. The van der Waals surface area contributed by atoms with Crippen LogP contribution in [0.5, 0.6) is 0 Å². The number of carbonyl (C=O) groups excluding carboxylic acids is 4. The second-order valence-electron chi connectivity index (χ2n) is 14.6. The third kappa shape index (κ3) is 11.2. The Morgan fingerprint density at radius 2 is 1.73 bits per heavy atom. The van der Waals surface area contributed by atoms with Gasteiger partial charge in [0.1, 0.15) is 17.2 Å². The third-order valence-electron chi connectivity index (χ3n) is 8.36. The number of amides is 3. The number of nitrogens with zero attached hydrogens (tertiary/aromatic N) is 3. The second kappa shape index (κ2) is 16.1. The van der Waals surface area contributed by atoms with Gasteiger partial charge >= 0.3 is 12.1 Å². The van der Waals surface area contributed by atoms with Crippen molar-refractivity contribution < 1.29 is 28.7 Å². The van der Waals surface area contributed by atoms with E-state index in [9.17, 15) is 19.2 Å². The minimum absolute atomic E-state index is 0.0300. The molecule has 12 heteroatoms. The number of fused-ring (bicyclic) bond motifs is 1. The molecule has 48 heavy (non-hydrogen) atoms. The molecule has 11 nitrogen and oxygen atoms in total. The lowest BCUT2D eigenvalue weighted by molar-refractivity contribution is -0.156. The van der Waals surface area contributed by atoms with Crippen LogP contribution in [0.1, 0.15) is 84.9 Å². The molecular formula is C36H50ClN5O6. The monoisotopic (exact) mass is 683 g/mol. The number of hydrogen-bond donors (Lipinski definition) is 2. The predicted molar refractivity (Wildman–Crippen MR) is 183 cm³/mol. The number of carbonyl (C=O) groups is 4. The van der Waals surface area contributed by atoms with Crippen LogP contribution in [-0.4, -0.2) is 87.1 Å². The first-order valence-electron chi connectivity index (χ1n) is 16.8. The quantitative estimate of drug-likeness (QED) is 0.315. The lowest BCUT2D eigenvalue weighted by Gasteiger charge is -2.32. The SMILES string of the molecule is CC(C)(C)OC(=O)CC[C@H](C(=O)NCc1ccc(Cl)cn1)N1CCC(CCc2ccccc2)N2C[C@H](NC(=O)OC(C)(C)C)C[C@H]2C1=O. The maximum Gasteiger partial charge on any atom is 0.407 e. The molecule has 4 atom stereocenters. The largest absolute Gasteiger partial charge is 0.460 e. The molecule has 0 saturated carbocycles. The zero-order chi connectivity index (χ0) is 35.1. The summed E-state index contributed by atoms with van der Waals surface area (Å²) in [5.74, 6) is -1.01. The van der Waals surface area contributed by atoms with Gasteiger partial charge in [0.05, 0.1) is 23.3 Å². The van der Waals surface area contributed by atoms with Gasteiger partial charge in [0.15, 0.2) is 0 Å². The van der Waals surface area contributed by atoms with Crippen molar-refractivity contribution in [3.63, 3.8) is 0 Å². The Kier molecular flexibility index (Phi) is 12.5. The molecule has 2 fully saturated rings. The Labute approximate surface area is 289 Å². The zero-order valence-electron chi connectivity index (χ0n) is 29.0. The molecule has 0 radical (unpaired) electrons. The van der Waals surface area contributed by atoms with Crippen LogP contribution in [0.25, 0.3) is 0 Å². The maximum atomic E-state index is 14.5. The summed E-state index contributed by atoms with van der Waals surface area (Å²) in [6.07, 6.45) is 3.68. The minimum Gasteiger partial charge on any atom is -0.460 e. The Morgan fingerprint density at radius 3 is 2.38 bits per heavy atom. The number of esters is 1. The summed E-state index contributed by atoms with van der Waals surface area (Å²) in [5, 5.41) is 6.38. The van der Waals surface area contributed by atoms with Gasteiger partial charge in [-0.1, -0.05) is 41.9 Å². The number of aryl methyl sites for hydroxylation is 1. The summed E-state index contributed by atoms with van der Waals surface area (Å²) in [6, 6.07) is 11.9. The average Bonchev–Trinajstić information content (AvgIpc) is 3.36. The van der Waals surface area contributed by atoms with E-state index in [1.54, 1.807) is 58.6 Å². The van der Waals surface area contributed by atoms with E-state index in [4.69, 9.17) is 21.1 Å². The van der Waals surface area contributed by atoms with Crippen molar-refractivity contribution in [2.24, 2.45) is 0 Å². The van der Waals surface area contributed by atoms with Crippen molar-refractivity contribution in [1.29, 1.82) is 0 Å². The van der Waals surface area contributed by atoms with E-state index < -0.39 is 35.3 Å². The standard InChI is InChI=1S/C36H50ClN5O6/c1-35(2,3)47-31(43)17-16-29(32(44)39-22-26-14-13-25(37)21-38-26)41-19-18-28(15-12-24-10-8-7-9-11-24)42-23-27(20-30(42)33(41)45)40-34(46)48-36(4,5)6/h7-11,13-14,21,27-30H,12,15-20,22-23H2,1-6H3,(H,39,44)(H,40,46)/t27-,28?,29-,30+/m1/s1. The Bertz CT molecular complexity index is 1410. The molecule has 3 heterocycles. The Hall–Kier alpha value is -3.70. The fourth-order valence-electron chi connectivity index (χ4n) is 6.32. The van der Waals surface area contributed by atoms with Crippen LogP contribution in [0.2, 0.25) is 5.02 Å². The number of hydrogen-bond acceptors (Lipinski definition) is 8. The highest BCUT2D eigenvalue weighted by atomic mass is 35.5. The first kappa shape index (κ1) is 37.1. The lowest BCUT2D eigenvalue weighted by atomic mass is 10.0. The lowest BCUT2D eigenvalue weighted by Crippen LogP contribution is -2.53. The highest BCUT2D eigenvalue weighted by Gasteiger charge is 2.47. The molecule has 3 amide bonds. The van der Waals surface area contributed by atoms with Crippen LogP contribution in [0.4, 0.5) is 4.79 Å². The molecule has 1 aromatic heterocycles. The van der Waals surface area contributed by atoms with Crippen molar-refractivity contribution in [1.82, 2.24) is 25.4 Å². The summed E-state index contributed by atoms with van der Waals surface area (Å²) < 4.78 is 11.0. The topological polar surface area (TPSA) is 130 Å². The Morgan fingerprint density at radius 1 is 1.02 bits per heavy atom. The molecule has 4 rings (SSSR count). The smallest absolute Gasteiger partial charge is 0.407 e. The van der Waals surface area contributed by atoms with Gasteiger partial charge in [-0.3, -0.25) is 24.3 Å². The highest BCUT2D eigenvalue weighted by Crippen LogP contribution is 2.31. The van der Waals surface area contributed by atoms with E-state index >= 15 is 0 Å². The predicted octanol–water partition coefficient (Wildman–Crippen LogP) is 5.04. The number of ether oxygens (including phenoxy) is 2. The normalized spacial score (nSPS) is 20.8. The summed E-state index contributed by atoms with van der Waals surface area (Å²) in [5.41, 5.74) is 0.475. The van der Waals surface area contributed by atoms with Gasteiger partial charge in [0, 0.05) is 37.8 Å². The number of halogens is 1. The summed E-state index contributed by atoms with van der Waals surface area (Å²) >= 11 is 5.98. The third-order valence-corrected chi connectivity index (χ3v) is 8.59. The van der Waals surface area contributed by atoms with Crippen molar-refractivity contribution in [2.45, 2.75) is 122 Å². The molecule has 2 aliphatic heterocycles. The molecule has 2 aliphatic rings. The summed E-state index contributed by atoms with van der Waals surface area (Å²) in [4.78, 5) is 61.9. The molecule has 1 aromatic carbocycles. The minimum atomic E-state index is -0.912. The fraction of sp³-hybridized carbons (Fsp3) is 0.583. The number of benzene rings is 1. The van der Waals surface area contributed by atoms with Crippen molar-refractivity contribution in [3.8, 4) is 0 Å². The number of alkyl carbamates (subject to hydrolysis) is 1. The number of rotatable bonds is 11. The van der Waals surface area contributed by atoms with E-state index in [1.807, 2.05) is 18.2 Å². The second-order valence-corrected chi connectivity index (χ2v) is 15.1. The van der Waals surface area contributed by atoms with Gasteiger partial charge in [0.25, 0.3) is 0 Å². The van der Waals surface area contributed by atoms with E-state index in [1.165, 1.54) is 11.8 Å². The Balaban J connectivity index is 1.57. The molecule has 262 valence electrons. The molecule has 0 aliphatic carbocycles. The first-order valence-corrected chi connectivity index (χ1v) is 17.2. The molecule has 0 bridgehead atoms. The van der Waals surface area contributed by atoms with Crippen LogP contribution in [0, 0.1) is 0 Å². The molecule has 2 N–H and O–H groups in total. The number of pyridine rings is 1. The van der Waals surface area contributed by atoms with Crippen LogP contribution in [0.15, 0.2) is 48.7 Å². The van der Waals surface area contributed by atoms with Gasteiger partial charge in [-0.05, 0) is 91.3 Å². The van der Waals surface area contributed by atoms with Gasteiger partial charge in [-0.25, -0.2) is 4.79 Å². The maximum absolute atomic E-state index is 14.5. The van der Waals surface area contributed by atoms with Crippen LogP contribution in [0.3, 0.4) is 0 Å². The summed E-state index contributed by atoms with van der Waals surface area (Å²) in [7, 11) is 0. The van der Waals surface area contributed by atoms with Crippen molar-refractivity contribution in [3.05, 3.63) is 64.9 Å². The molecule has 2 saturated heterocycles. The van der Waals surface area contributed by atoms with Gasteiger partial charge in [0.2, 0.25) is 11.8 Å².